The Morgan fingerprint density at radius 3 is 2.63 bits per heavy atom. The van der Waals surface area contributed by atoms with Gasteiger partial charge in [-0.15, -0.1) is 0 Å². The summed E-state index contributed by atoms with van der Waals surface area (Å²) in [5.74, 6) is 1.55. The van der Waals surface area contributed by atoms with Gasteiger partial charge in [-0.1, -0.05) is 6.07 Å². The topological polar surface area (TPSA) is 86.3 Å². The molecule has 0 saturated carbocycles. The number of aliphatic hydroxyl groups is 1. The van der Waals surface area contributed by atoms with Crippen molar-refractivity contribution in [3.8, 4) is 23.0 Å². The van der Waals surface area contributed by atoms with Crippen molar-refractivity contribution in [2.24, 2.45) is 0 Å². The van der Waals surface area contributed by atoms with Crippen molar-refractivity contribution >= 4 is 5.91 Å². The van der Waals surface area contributed by atoms with Crippen LogP contribution in [-0.4, -0.2) is 45.5 Å². The number of nitrogens with one attached hydrogen (secondary N) is 1. The molecule has 2 N–H and O–H groups in total. The monoisotopic (exact) mass is 373 g/mol. The summed E-state index contributed by atoms with van der Waals surface area (Å²) in [6.45, 7) is 0.723. The van der Waals surface area contributed by atoms with E-state index in [0.717, 1.165) is 23.3 Å². The third kappa shape index (κ3) is 3.78. The summed E-state index contributed by atoms with van der Waals surface area (Å²) in [5.41, 5.74) is 2.10. The van der Waals surface area contributed by atoms with Crippen LogP contribution < -0.4 is 24.3 Å². The number of rotatable bonds is 7. The van der Waals surface area contributed by atoms with Crippen LogP contribution in [0, 0.1) is 0 Å². The molecule has 0 bridgehead atoms. The second-order valence-electron chi connectivity index (χ2n) is 6.07. The molecule has 0 spiro atoms. The number of ether oxygens (including phenoxy) is 4. The Bertz CT molecular complexity index is 835. The fraction of sp³-hybridized carbons (Fsp3) is 0.350. The summed E-state index contributed by atoms with van der Waals surface area (Å²) in [4.78, 5) is 12.6. The van der Waals surface area contributed by atoms with Crippen LogP contribution in [0.3, 0.4) is 0 Å². The van der Waals surface area contributed by atoms with E-state index in [1.165, 1.54) is 21.3 Å². The van der Waals surface area contributed by atoms with Crippen molar-refractivity contribution < 1.29 is 28.8 Å². The summed E-state index contributed by atoms with van der Waals surface area (Å²) < 4.78 is 21.3. The van der Waals surface area contributed by atoms with Gasteiger partial charge in [0.25, 0.3) is 5.91 Å². The third-order valence-corrected chi connectivity index (χ3v) is 4.50. The maximum Gasteiger partial charge on any atom is 0.255 e. The Balaban J connectivity index is 1.72. The molecule has 1 heterocycles. The quantitative estimate of drug-likeness (QED) is 0.773. The van der Waals surface area contributed by atoms with E-state index in [9.17, 15) is 9.90 Å². The predicted octanol–water partition coefficient (Wildman–Crippen LogP) is 2.11. The lowest BCUT2D eigenvalue weighted by atomic mass is 10.0. The lowest BCUT2D eigenvalue weighted by Crippen LogP contribution is -2.28. The van der Waals surface area contributed by atoms with Gasteiger partial charge >= 0.3 is 0 Å². The van der Waals surface area contributed by atoms with Crippen LogP contribution >= 0.6 is 0 Å². The van der Waals surface area contributed by atoms with Crippen LogP contribution in [0.15, 0.2) is 30.3 Å². The smallest absolute Gasteiger partial charge is 0.255 e. The van der Waals surface area contributed by atoms with Crippen LogP contribution in [0.25, 0.3) is 0 Å². The molecular weight excluding hydrogens is 350 g/mol. The number of hydrogen-bond donors (Lipinski definition) is 2. The first kappa shape index (κ1) is 18.8. The first-order valence-corrected chi connectivity index (χ1v) is 8.59. The normalized spacial score (nSPS) is 13.3. The van der Waals surface area contributed by atoms with Gasteiger partial charge in [0.05, 0.1) is 39.6 Å². The summed E-state index contributed by atoms with van der Waals surface area (Å²) >= 11 is 0. The van der Waals surface area contributed by atoms with E-state index in [1.54, 1.807) is 18.2 Å². The molecule has 27 heavy (non-hydrogen) atoms. The Morgan fingerprint density at radius 1 is 1.15 bits per heavy atom. The molecule has 144 valence electrons. The van der Waals surface area contributed by atoms with Gasteiger partial charge in [0.15, 0.2) is 11.5 Å². The van der Waals surface area contributed by atoms with Crippen LogP contribution in [0.2, 0.25) is 0 Å². The molecule has 0 fully saturated rings. The van der Waals surface area contributed by atoms with E-state index in [4.69, 9.17) is 18.9 Å². The highest BCUT2D eigenvalue weighted by molar-refractivity contribution is 5.98. The number of carbonyl (C=O) groups is 1. The standard InChI is InChI=1S/C20H23NO6/c1-24-17-7-5-14(18(25-2)19(17)26-3)20(23)21-11-15(22)12-4-6-16-13(10-12)8-9-27-16/h4-7,10,15,22H,8-9,11H2,1-3H3,(H,21,23). The largest absolute Gasteiger partial charge is 0.493 e. The first-order valence-electron chi connectivity index (χ1n) is 8.59. The molecule has 1 amide bonds. The van der Waals surface area contributed by atoms with Crippen LogP contribution in [0.4, 0.5) is 0 Å². The minimum absolute atomic E-state index is 0.0655. The minimum Gasteiger partial charge on any atom is -0.493 e. The summed E-state index contributed by atoms with van der Waals surface area (Å²) in [6, 6.07) is 8.79. The van der Waals surface area contributed by atoms with Crippen LogP contribution in [0.5, 0.6) is 23.0 Å². The highest BCUT2D eigenvalue weighted by Gasteiger charge is 2.22. The first-order chi connectivity index (χ1) is 13.1. The molecule has 2 aromatic carbocycles. The zero-order valence-electron chi connectivity index (χ0n) is 15.6. The number of amides is 1. The van der Waals surface area contributed by atoms with Crippen molar-refractivity contribution in [2.45, 2.75) is 12.5 Å². The lowest BCUT2D eigenvalue weighted by Gasteiger charge is -2.17. The average Bonchev–Trinajstić information content (AvgIpc) is 3.18. The van der Waals surface area contributed by atoms with E-state index < -0.39 is 6.10 Å². The number of fused-ring (bicyclic) bond motifs is 1. The molecule has 2 aromatic rings. The van der Waals surface area contributed by atoms with E-state index in [2.05, 4.69) is 5.32 Å². The summed E-state index contributed by atoms with van der Waals surface area (Å²) in [6.07, 6.45) is -0.00329. The number of hydrogen-bond acceptors (Lipinski definition) is 6. The van der Waals surface area contributed by atoms with E-state index in [0.29, 0.717) is 23.7 Å². The number of benzene rings is 2. The van der Waals surface area contributed by atoms with Gasteiger partial charge in [0.1, 0.15) is 5.75 Å². The van der Waals surface area contributed by atoms with E-state index in [1.807, 2.05) is 12.1 Å². The van der Waals surface area contributed by atoms with Crippen molar-refractivity contribution in [2.75, 3.05) is 34.5 Å². The van der Waals surface area contributed by atoms with Gasteiger partial charge in [0.2, 0.25) is 5.75 Å². The van der Waals surface area contributed by atoms with Gasteiger partial charge in [-0.05, 0) is 35.4 Å². The molecule has 7 nitrogen and oxygen atoms in total. The summed E-state index contributed by atoms with van der Waals surface area (Å²) in [5, 5.41) is 13.2. The molecule has 0 saturated heterocycles. The summed E-state index contributed by atoms with van der Waals surface area (Å²) in [7, 11) is 4.44. The highest BCUT2D eigenvalue weighted by Crippen LogP contribution is 2.39. The third-order valence-electron chi connectivity index (χ3n) is 4.50. The van der Waals surface area contributed by atoms with Gasteiger partial charge in [0, 0.05) is 13.0 Å². The second-order valence-corrected chi connectivity index (χ2v) is 6.07. The second kappa shape index (κ2) is 8.18. The molecule has 1 atom stereocenters. The molecule has 7 heteroatoms. The molecule has 0 aromatic heterocycles. The van der Waals surface area contributed by atoms with Gasteiger partial charge < -0.3 is 29.4 Å². The Hall–Kier alpha value is -2.93. The maximum atomic E-state index is 12.6. The van der Waals surface area contributed by atoms with Gasteiger partial charge in [-0.2, -0.15) is 0 Å². The van der Waals surface area contributed by atoms with Crippen LogP contribution in [0.1, 0.15) is 27.6 Å². The van der Waals surface area contributed by atoms with Crippen molar-refractivity contribution in [3.05, 3.63) is 47.0 Å². The Morgan fingerprint density at radius 2 is 1.93 bits per heavy atom. The molecule has 3 rings (SSSR count). The van der Waals surface area contributed by atoms with Crippen molar-refractivity contribution in [3.63, 3.8) is 0 Å². The predicted molar refractivity (Wildman–Crippen MR) is 99.0 cm³/mol. The van der Waals surface area contributed by atoms with Crippen LogP contribution in [-0.2, 0) is 6.42 Å². The van der Waals surface area contributed by atoms with E-state index >= 15 is 0 Å². The zero-order chi connectivity index (χ0) is 19.4. The molecule has 0 radical (unpaired) electrons. The molecular formula is C20H23NO6. The number of aliphatic hydroxyl groups excluding tert-OH is 1. The molecule has 1 unspecified atom stereocenters. The Labute approximate surface area is 157 Å². The van der Waals surface area contributed by atoms with Crippen molar-refractivity contribution in [1.82, 2.24) is 5.32 Å². The van der Waals surface area contributed by atoms with Gasteiger partial charge in [-0.25, -0.2) is 0 Å². The maximum absolute atomic E-state index is 12.6. The molecule has 0 aliphatic carbocycles. The highest BCUT2D eigenvalue weighted by atomic mass is 16.5. The SMILES string of the molecule is COc1ccc(C(=O)NCC(O)c2ccc3c(c2)CCO3)c(OC)c1OC. The molecule has 1 aliphatic rings. The number of methoxy groups -OCH3 is 3. The fourth-order valence-electron chi connectivity index (χ4n) is 3.10. The lowest BCUT2D eigenvalue weighted by molar-refractivity contribution is 0.0912. The Kier molecular flexibility index (Phi) is 5.71. The average molecular weight is 373 g/mol. The number of carbonyl (C=O) groups excluding carboxylic acids is 1. The minimum atomic E-state index is -0.828. The van der Waals surface area contributed by atoms with E-state index in [-0.39, 0.29) is 18.2 Å². The zero-order valence-corrected chi connectivity index (χ0v) is 15.6. The van der Waals surface area contributed by atoms with Gasteiger partial charge in [-0.3, -0.25) is 4.79 Å². The fourth-order valence-corrected chi connectivity index (χ4v) is 3.10. The molecule has 1 aliphatic heterocycles. The van der Waals surface area contributed by atoms with Crippen molar-refractivity contribution in [1.29, 1.82) is 0 Å².